The van der Waals surface area contributed by atoms with Gasteiger partial charge >= 0.3 is 0 Å². The molecule has 15 nitrogen and oxygen atoms in total. The van der Waals surface area contributed by atoms with E-state index in [1.165, 1.54) is 17.5 Å². The highest BCUT2D eigenvalue weighted by Crippen LogP contribution is 2.32. The fourth-order valence-electron chi connectivity index (χ4n) is 10.4. The zero-order valence-electron chi connectivity index (χ0n) is 44.0. The van der Waals surface area contributed by atoms with Crippen molar-refractivity contribution >= 4 is 31.5 Å². The molecule has 2 aromatic carbocycles. The molecular weight excluding hydrogens is 921 g/mol. The number of ether oxygens (including phenoxy) is 1. The van der Waals surface area contributed by atoms with Crippen LogP contribution in [0.5, 0.6) is 0 Å². The Morgan fingerprint density at radius 1 is 0.653 bits per heavy atom. The number of carbonyl (C=O) groups excluding carboxylic acids is 4. The van der Waals surface area contributed by atoms with Gasteiger partial charge in [-0.3, -0.25) is 33.6 Å². The fraction of sp³-hybridized carbons (Fsp3) is 0.500. The Morgan fingerprint density at radius 2 is 1.11 bits per heavy atom. The molecule has 6 aromatic rings. The highest BCUT2D eigenvalue weighted by Gasteiger charge is 2.33. The summed E-state index contributed by atoms with van der Waals surface area (Å²) in [5.74, 6) is -0.00531. The SMILES string of the molecule is Cc1n[nH]c(C)c1-c1ccc(CC(=O)[C@@H](NC(=O)c2ccnn2C)C2CCCCC2)cc1.Cc1nn(COCC[Si](C)(C)C)c(C)c1-c1ccc(CC(=O)[C@@H](NC(=O)c2ccnn2C)C2CCCCC2)cc1. The van der Waals surface area contributed by atoms with Crippen LogP contribution in [0.2, 0.25) is 25.7 Å². The number of rotatable bonds is 19. The highest BCUT2D eigenvalue weighted by molar-refractivity contribution is 6.76. The monoisotopic (exact) mass is 997 g/mol. The number of H-pyrrole nitrogens is 1. The largest absolute Gasteiger partial charge is 0.360 e. The second-order valence-electron chi connectivity index (χ2n) is 21.3. The summed E-state index contributed by atoms with van der Waals surface area (Å²) < 4.78 is 11.0. The first-order chi connectivity index (χ1) is 34.5. The Kier molecular flexibility index (Phi) is 18.2. The lowest BCUT2D eigenvalue weighted by molar-refractivity contribution is -0.122. The van der Waals surface area contributed by atoms with Crippen molar-refractivity contribution in [2.75, 3.05) is 6.61 Å². The van der Waals surface area contributed by atoms with Crippen LogP contribution in [-0.2, 0) is 48.0 Å². The molecule has 0 saturated heterocycles. The lowest BCUT2D eigenvalue weighted by atomic mass is 9.81. The molecule has 0 spiro atoms. The molecule has 0 radical (unpaired) electrons. The van der Waals surface area contributed by atoms with Crippen molar-refractivity contribution in [3.05, 3.63) is 118 Å². The summed E-state index contributed by atoms with van der Waals surface area (Å²) >= 11 is 0. The summed E-state index contributed by atoms with van der Waals surface area (Å²) in [7, 11) is 2.34. The van der Waals surface area contributed by atoms with Gasteiger partial charge in [0.1, 0.15) is 18.1 Å². The van der Waals surface area contributed by atoms with E-state index in [0.717, 1.165) is 120 Å². The number of nitrogens with zero attached hydrogens (tertiary/aromatic N) is 7. The Labute approximate surface area is 426 Å². The molecule has 4 heterocycles. The quantitative estimate of drug-likeness (QED) is 0.0525. The van der Waals surface area contributed by atoms with E-state index in [0.29, 0.717) is 24.5 Å². The van der Waals surface area contributed by atoms with Crippen molar-refractivity contribution in [1.82, 2.24) is 50.2 Å². The average molecular weight is 997 g/mol. The van der Waals surface area contributed by atoms with Gasteiger partial charge in [-0.05, 0) is 106 Å². The van der Waals surface area contributed by atoms with Crippen molar-refractivity contribution in [3.63, 3.8) is 0 Å². The predicted molar refractivity (Wildman–Crippen MR) is 284 cm³/mol. The summed E-state index contributed by atoms with van der Waals surface area (Å²) in [5, 5.41) is 26.3. The van der Waals surface area contributed by atoms with E-state index in [2.05, 4.69) is 69.7 Å². The van der Waals surface area contributed by atoms with Crippen LogP contribution in [0.15, 0.2) is 73.1 Å². The van der Waals surface area contributed by atoms with E-state index < -0.39 is 20.2 Å². The van der Waals surface area contributed by atoms with Gasteiger partial charge < -0.3 is 15.4 Å². The summed E-state index contributed by atoms with van der Waals surface area (Å²) in [6, 6.07) is 19.8. The number of carbonyl (C=O) groups is 4. The first kappa shape index (κ1) is 53.5. The van der Waals surface area contributed by atoms with Gasteiger partial charge in [-0.25, -0.2) is 4.68 Å². The van der Waals surface area contributed by atoms with Gasteiger partial charge in [-0.2, -0.15) is 20.4 Å². The number of benzene rings is 2. The molecule has 2 aliphatic rings. The van der Waals surface area contributed by atoms with E-state index in [4.69, 9.17) is 9.84 Å². The average Bonchev–Trinajstić information content (AvgIpc) is 4.15. The minimum Gasteiger partial charge on any atom is -0.360 e. The standard InChI is InChI=1S/C31H45N5O3Si.C25H31N5O2/c1-22-29(23(2)36(34-22)21-39-18-19-40(4,5)6)25-14-12-24(13-15-25)20-28(37)30(26-10-8-7-9-11-26)33-31(38)27-16-17-32-35(27)3;1-16-23(17(2)29-28-16)19-11-9-18(10-12-19)15-22(31)24(20-7-5-4-6-8-20)27-25(32)21-13-14-26-30(21)3/h12-17,26,30H,7-11,18-21H2,1-6H3,(H,33,38);9-14,20,24H,4-8,15H2,1-3H3,(H,27,32)(H,28,29)/t30-;24-/m00/s1. The van der Waals surface area contributed by atoms with Crippen LogP contribution in [0.3, 0.4) is 0 Å². The number of Topliss-reactive ketones (excluding diaryl/α,β-unsaturated/α-hetero) is 2. The van der Waals surface area contributed by atoms with E-state index >= 15 is 0 Å². The Bertz CT molecular complexity index is 2750. The molecule has 8 rings (SSSR count). The van der Waals surface area contributed by atoms with E-state index in [9.17, 15) is 19.2 Å². The van der Waals surface area contributed by atoms with Gasteiger partial charge in [-0.1, -0.05) is 107 Å². The van der Waals surface area contributed by atoms with E-state index in [1.807, 2.05) is 61.9 Å². The number of nitrogens with one attached hydrogen (secondary N) is 3. The lowest BCUT2D eigenvalue weighted by Crippen LogP contribution is -2.47. The first-order valence-electron chi connectivity index (χ1n) is 25.9. The molecule has 2 fully saturated rings. The first-order valence-corrected chi connectivity index (χ1v) is 29.6. The number of aromatic nitrogens is 8. The summed E-state index contributed by atoms with van der Waals surface area (Å²) in [6.07, 6.45) is 14.4. The molecule has 2 amide bonds. The van der Waals surface area contributed by atoms with Crippen LogP contribution >= 0.6 is 0 Å². The molecule has 3 N–H and O–H groups in total. The smallest absolute Gasteiger partial charge is 0.270 e. The second kappa shape index (κ2) is 24.4. The topological polar surface area (TPSA) is 184 Å². The van der Waals surface area contributed by atoms with E-state index in [1.54, 1.807) is 43.3 Å². The summed E-state index contributed by atoms with van der Waals surface area (Å²) in [4.78, 5) is 52.8. The van der Waals surface area contributed by atoms with Crippen molar-refractivity contribution in [2.45, 2.75) is 149 Å². The second-order valence-corrected chi connectivity index (χ2v) is 26.9. The van der Waals surface area contributed by atoms with Gasteiger partial charge in [0.25, 0.3) is 11.8 Å². The number of aryl methyl sites for hydroxylation is 5. The normalized spacial score (nSPS) is 15.3. The number of hydrogen-bond donors (Lipinski definition) is 3. The van der Waals surface area contributed by atoms with Crippen molar-refractivity contribution in [1.29, 1.82) is 0 Å². The third-order valence-electron chi connectivity index (χ3n) is 14.6. The van der Waals surface area contributed by atoms with Crippen molar-refractivity contribution < 1.29 is 23.9 Å². The summed E-state index contributed by atoms with van der Waals surface area (Å²) in [5.41, 5.74) is 11.2. The minimum absolute atomic E-state index is 0.0609. The van der Waals surface area contributed by atoms with Crippen LogP contribution in [0.25, 0.3) is 22.3 Å². The summed E-state index contributed by atoms with van der Waals surface area (Å²) in [6.45, 7) is 16.4. The van der Waals surface area contributed by atoms with Crippen LogP contribution in [0.4, 0.5) is 0 Å². The molecule has 2 atom stereocenters. The third-order valence-corrected chi connectivity index (χ3v) is 16.3. The van der Waals surface area contributed by atoms with Gasteiger partial charge in [0.05, 0.1) is 23.5 Å². The molecule has 384 valence electrons. The maximum atomic E-state index is 13.6. The van der Waals surface area contributed by atoms with Crippen LogP contribution < -0.4 is 10.6 Å². The zero-order valence-corrected chi connectivity index (χ0v) is 45.0. The maximum Gasteiger partial charge on any atom is 0.270 e. The Morgan fingerprint density at radius 3 is 1.51 bits per heavy atom. The predicted octanol–water partition coefficient (Wildman–Crippen LogP) is 9.62. The molecule has 2 aliphatic carbocycles. The zero-order chi connectivity index (χ0) is 51.5. The highest BCUT2D eigenvalue weighted by atomic mass is 28.3. The van der Waals surface area contributed by atoms with Gasteiger partial charge in [0.15, 0.2) is 11.6 Å². The van der Waals surface area contributed by atoms with Gasteiger partial charge in [0, 0.05) is 76.5 Å². The van der Waals surface area contributed by atoms with Crippen LogP contribution in [0, 0.1) is 39.5 Å². The van der Waals surface area contributed by atoms with Crippen LogP contribution in [-0.4, -0.2) is 89.7 Å². The molecule has 4 aromatic heterocycles. The number of amides is 2. The number of hydrogen-bond acceptors (Lipinski definition) is 9. The maximum absolute atomic E-state index is 13.6. The Hall–Kier alpha value is -6.26. The minimum atomic E-state index is -1.13. The molecule has 0 unspecified atom stereocenters. The van der Waals surface area contributed by atoms with Crippen molar-refractivity contribution in [2.24, 2.45) is 25.9 Å². The Balaban J connectivity index is 0.000000216. The molecule has 0 aliphatic heterocycles. The fourth-order valence-corrected chi connectivity index (χ4v) is 11.2. The van der Waals surface area contributed by atoms with Gasteiger partial charge in [-0.15, -0.1) is 0 Å². The van der Waals surface area contributed by atoms with E-state index in [-0.39, 0.29) is 41.6 Å². The van der Waals surface area contributed by atoms with Gasteiger partial charge in [0.2, 0.25) is 0 Å². The van der Waals surface area contributed by atoms with Crippen molar-refractivity contribution in [3.8, 4) is 22.3 Å². The number of ketones is 2. The molecule has 16 heteroatoms. The molecular formula is C56H76N10O5Si. The lowest BCUT2D eigenvalue weighted by Gasteiger charge is -2.30. The molecule has 0 bridgehead atoms. The molecule has 72 heavy (non-hydrogen) atoms. The van der Waals surface area contributed by atoms with Crippen LogP contribution in [0.1, 0.15) is 119 Å². The third kappa shape index (κ3) is 13.8. The number of aromatic amines is 1. The molecule has 2 saturated carbocycles.